The SMILES string of the molecule is Cc1[nH]cnc1CC(=O)NC[C@@H]1CC[C@H](CC(=O)N2CCOCC2)N1C. The lowest BCUT2D eigenvalue weighted by molar-refractivity contribution is -0.136. The van der Waals surface area contributed by atoms with Crippen LogP contribution in [0.25, 0.3) is 0 Å². The molecule has 8 nitrogen and oxygen atoms in total. The van der Waals surface area contributed by atoms with Gasteiger partial charge in [-0.3, -0.25) is 14.5 Å². The van der Waals surface area contributed by atoms with Gasteiger partial charge in [0.25, 0.3) is 0 Å². The largest absolute Gasteiger partial charge is 0.378 e. The number of ether oxygens (including phenoxy) is 1. The molecule has 2 saturated heterocycles. The van der Waals surface area contributed by atoms with E-state index < -0.39 is 0 Å². The molecule has 2 N–H and O–H groups in total. The number of likely N-dealkylation sites (N-methyl/N-ethyl adjacent to an activating group) is 1. The summed E-state index contributed by atoms with van der Waals surface area (Å²) >= 11 is 0. The Kier molecular flexibility index (Phi) is 6.26. The molecule has 2 fully saturated rings. The maximum Gasteiger partial charge on any atom is 0.226 e. The summed E-state index contributed by atoms with van der Waals surface area (Å²) in [4.78, 5) is 35.9. The first kappa shape index (κ1) is 18.8. The fraction of sp³-hybridized carbons (Fsp3) is 0.722. The van der Waals surface area contributed by atoms with E-state index >= 15 is 0 Å². The van der Waals surface area contributed by atoms with E-state index in [2.05, 4.69) is 27.2 Å². The summed E-state index contributed by atoms with van der Waals surface area (Å²) in [6.07, 6.45) is 4.45. The Bertz CT molecular complexity index is 626. The van der Waals surface area contributed by atoms with Crippen molar-refractivity contribution in [3.63, 3.8) is 0 Å². The van der Waals surface area contributed by atoms with Crippen molar-refractivity contribution in [2.45, 2.75) is 44.7 Å². The number of nitrogens with one attached hydrogen (secondary N) is 2. The number of hydrogen-bond donors (Lipinski definition) is 2. The van der Waals surface area contributed by atoms with E-state index in [0.29, 0.717) is 45.7 Å². The molecule has 2 aliphatic heterocycles. The molecular formula is C18H29N5O3. The van der Waals surface area contributed by atoms with Crippen LogP contribution in [0.3, 0.4) is 0 Å². The first-order valence-electron chi connectivity index (χ1n) is 9.37. The van der Waals surface area contributed by atoms with Crippen molar-refractivity contribution in [1.29, 1.82) is 0 Å². The minimum absolute atomic E-state index is 0.0126. The van der Waals surface area contributed by atoms with Gasteiger partial charge in [-0.05, 0) is 26.8 Å². The highest BCUT2D eigenvalue weighted by molar-refractivity contribution is 5.78. The molecule has 2 amide bonds. The minimum atomic E-state index is -0.0126. The van der Waals surface area contributed by atoms with Gasteiger partial charge in [0.2, 0.25) is 11.8 Å². The van der Waals surface area contributed by atoms with E-state index in [0.717, 1.165) is 24.2 Å². The highest BCUT2D eigenvalue weighted by Crippen LogP contribution is 2.25. The van der Waals surface area contributed by atoms with Gasteiger partial charge in [0, 0.05) is 43.8 Å². The number of morpholine rings is 1. The monoisotopic (exact) mass is 363 g/mol. The molecule has 0 unspecified atom stereocenters. The van der Waals surface area contributed by atoms with E-state index in [9.17, 15) is 9.59 Å². The quantitative estimate of drug-likeness (QED) is 0.747. The van der Waals surface area contributed by atoms with Crippen molar-refractivity contribution >= 4 is 11.8 Å². The van der Waals surface area contributed by atoms with Crippen LogP contribution in [0.15, 0.2) is 6.33 Å². The molecule has 1 aromatic rings. The predicted molar refractivity (Wildman–Crippen MR) is 96.6 cm³/mol. The Balaban J connectivity index is 1.42. The van der Waals surface area contributed by atoms with E-state index in [1.54, 1.807) is 6.33 Å². The van der Waals surface area contributed by atoms with Crippen molar-refractivity contribution in [2.75, 3.05) is 39.9 Å². The smallest absolute Gasteiger partial charge is 0.226 e. The number of aromatic nitrogens is 2. The highest BCUT2D eigenvalue weighted by Gasteiger charge is 2.33. The zero-order valence-corrected chi connectivity index (χ0v) is 15.7. The molecule has 8 heteroatoms. The van der Waals surface area contributed by atoms with E-state index in [1.807, 2.05) is 11.8 Å². The van der Waals surface area contributed by atoms with Crippen LogP contribution in [0.2, 0.25) is 0 Å². The fourth-order valence-corrected chi connectivity index (χ4v) is 3.74. The molecular weight excluding hydrogens is 334 g/mol. The maximum atomic E-state index is 12.4. The van der Waals surface area contributed by atoms with Gasteiger partial charge in [0.15, 0.2) is 0 Å². The number of H-pyrrole nitrogens is 1. The lowest BCUT2D eigenvalue weighted by Gasteiger charge is -2.30. The third-order valence-electron chi connectivity index (χ3n) is 5.56. The fourth-order valence-electron chi connectivity index (χ4n) is 3.74. The topological polar surface area (TPSA) is 90.6 Å². The Morgan fingerprint density at radius 3 is 2.73 bits per heavy atom. The Hall–Kier alpha value is -1.93. The number of aryl methyl sites for hydroxylation is 1. The number of nitrogens with zero attached hydrogens (tertiary/aromatic N) is 3. The van der Waals surface area contributed by atoms with Crippen LogP contribution < -0.4 is 5.32 Å². The van der Waals surface area contributed by atoms with Crippen LogP contribution >= 0.6 is 0 Å². The molecule has 3 heterocycles. The van der Waals surface area contributed by atoms with Gasteiger partial charge >= 0.3 is 0 Å². The number of likely N-dealkylation sites (tertiary alicyclic amines) is 1. The Labute approximate surface area is 154 Å². The molecule has 0 bridgehead atoms. The molecule has 2 atom stereocenters. The molecule has 0 aliphatic carbocycles. The van der Waals surface area contributed by atoms with Crippen molar-refractivity contribution in [3.05, 3.63) is 17.7 Å². The van der Waals surface area contributed by atoms with Crippen molar-refractivity contribution in [3.8, 4) is 0 Å². The zero-order chi connectivity index (χ0) is 18.5. The van der Waals surface area contributed by atoms with Gasteiger partial charge in [-0.2, -0.15) is 0 Å². The lowest BCUT2D eigenvalue weighted by atomic mass is 10.1. The number of imidazole rings is 1. The van der Waals surface area contributed by atoms with E-state index in [4.69, 9.17) is 4.74 Å². The Morgan fingerprint density at radius 1 is 1.31 bits per heavy atom. The number of carbonyl (C=O) groups is 2. The molecule has 1 aromatic heterocycles. The summed E-state index contributed by atoms with van der Waals surface area (Å²) in [5.74, 6) is 0.199. The van der Waals surface area contributed by atoms with Crippen LogP contribution in [0.4, 0.5) is 0 Å². The molecule has 144 valence electrons. The summed E-state index contributed by atoms with van der Waals surface area (Å²) < 4.78 is 5.31. The summed E-state index contributed by atoms with van der Waals surface area (Å²) in [5.41, 5.74) is 1.72. The Morgan fingerprint density at radius 2 is 2.04 bits per heavy atom. The van der Waals surface area contributed by atoms with E-state index in [-0.39, 0.29) is 23.9 Å². The molecule has 0 radical (unpaired) electrons. The summed E-state index contributed by atoms with van der Waals surface area (Å²) in [6, 6.07) is 0.530. The second-order valence-corrected chi connectivity index (χ2v) is 7.20. The van der Waals surface area contributed by atoms with Gasteiger partial charge in [0.05, 0.1) is 31.7 Å². The number of hydrogen-bond acceptors (Lipinski definition) is 5. The van der Waals surface area contributed by atoms with Crippen LogP contribution in [0.5, 0.6) is 0 Å². The third kappa shape index (κ3) is 4.62. The second kappa shape index (κ2) is 8.64. The molecule has 2 aliphatic rings. The van der Waals surface area contributed by atoms with E-state index in [1.165, 1.54) is 0 Å². The minimum Gasteiger partial charge on any atom is -0.378 e. The van der Waals surface area contributed by atoms with Crippen LogP contribution in [-0.2, 0) is 20.7 Å². The summed E-state index contributed by atoms with van der Waals surface area (Å²) in [5, 5.41) is 3.01. The maximum absolute atomic E-state index is 12.4. The highest BCUT2D eigenvalue weighted by atomic mass is 16.5. The van der Waals surface area contributed by atoms with Crippen LogP contribution in [0.1, 0.15) is 30.7 Å². The average Bonchev–Trinajstić information content (AvgIpc) is 3.20. The first-order valence-corrected chi connectivity index (χ1v) is 9.37. The average molecular weight is 363 g/mol. The second-order valence-electron chi connectivity index (χ2n) is 7.20. The number of rotatable bonds is 6. The van der Waals surface area contributed by atoms with Gasteiger partial charge in [-0.15, -0.1) is 0 Å². The zero-order valence-electron chi connectivity index (χ0n) is 15.7. The van der Waals surface area contributed by atoms with Gasteiger partial charge < -0.3 is 19.9 Å². The molecule has 0 aromatic carbocycles. The van der Waals surface area contributed by atoms with Gasteiger partial charge in [-0.1, -0.05) is 0 Å². The van der Waals surface area contributed by atoms with Crippen molar-refractivity contribution < 1.29 is 14.3 Å². The molecule has 0 spiro atoms. The number of carbonyl (C=O) groups excluding carboxylic acids is 2. The number of aromatic amines is 1. The van der Waals surface area contributed by atoms with Gasteiger partial charge in [0.1, 0.15) is 0 Å². The molecule has 3 rings (SSSR count). The summed E-state index contributed by atoms with van der Waals surface area (Å²) in [7, 11) is 2.05. The molecule has 0 saturated carbocycles. The van der Waals surface area contributed by atoms with Gasteiger partial charge in [-0.25, -0.2) is 4.98 Å². The first-order chi connectivity index (χ1) is 12.5. The van der Waals surface area contributed by atoms with Crippen molar-refractivity contribution in [2.24, 2.45) is 0 Å². The summed E-state index contributed by atoms with van der Waals surface area (Å²) in [6.45, 7) is 5.19. The standard InChI is InChI=1S/C18H29N5O3/c1-13-16(21-12-20-13)10-17(24)19-11-15-4-3-14(22(15)2)9-18(25)23-5-7-26-8-6-23/h12,14-15H,3-11H2,1-2H3,(H,19,24)(H,20,21)/t14-,15+/m1/s1. The van der Waals surface area contributed by atoms with Crippen molar-refractivity contribution in [1.82, 2.24) is 25.1 Å². The molecule has 26 heavy (non-hydrogen) atoms. The predicted octanol–water partition coefficient (Wildman–Crippen LogP) is 0.0885. The third-order valence-corrected chi connectivity index (χ3v) is 5.56. The normalized spacial score (nSPS) is 24.0. The number of amides is 2. The van der Waals surface area contributed by atoms with Crippen LogP contribution in [0, 0.1) is 6.92 Å². The van der Waals surface area contributed by atoms with Crippen LogP contribution in [-0.4, -0.2) is 83.6 Å². The lowest BCUT2D eigenvalue weighted by Crippen LogP contribution is -2.45.